The van der Waals surface area contributed by atoms with Crippen LogP contribution in [0.3, 0.4) is 0 Å². The summed E-state index contributed by atoms with van der Waals surface area (Å²) in [6.07, 6.45) is 13.5. The third kappa shape index (κ3) is 5.19. The normalized spacial score (nSPS) is 31.8. The minimum atomic E-state index is -0.519. The van der Waals surface area contributed by atoms with Gasteiger partial charge < -0.3 is 4.74 Å². The van der Waals surface area contributed by atoms with E-state index in [2.05, 4.69) is 153 Å². The van der Waals surface area contributed by atoms with Crippen molar-refractivity contribution in [1.29, 1.82) is 0 Å². The summed E-state index contributed by atoms with van der Waals surface area (Å²) < 4.78 is 6.64. The SMILES string of the molecule is C[C@@H]1C2C[C@@H]3C[C@@H]1CC(c1cccc(-c4nc(-c5ccc6c(c5)-c5ccccc5C65c6ccccc6Oc6ccccc65)nc(-c5ccccc5C56CC7C[C@H](C[C@H](C5)[C@@H]7C)C6)n4)c1)(C2)C3. The Bertz CT molecular complexity index is 3090. The Morgan fingerprint density at radius 3 is 1.56 bits per heavy atom. The standard InChI is InChI=1S/C62H57N3O/c1-36-42-24-38-25-43(36)33-60(30-38,32-42)46-13-11-12-40(28-46)57-63-58(65-59(64-57)48-15-4-5-16-50(48)61-31-39-26-44(34-61)37(2)45(27-39)35-61)41-22-23-52-49(29-41)47-14-3-6-17-51(47)62(52)53-18-7-9-20-55(53)66-56-21-10-8-19-54(56)62/h3-23,28-29,36-39,42-45H,24-27,30-35H2,1-2H3/t36-,37-,38-,39-,42+,43?,44+,45?,60?,61?/m0/s1. The van der Waals surface area contributed by atoms with E-state index >= 15 is 0 Å². The molecule has 1 aromatic heterocycles. The van der Waals surface area contributed by atoms with Crippen LogP contribution in [0.5, 0.6) is 11.5 Å². The molecule has 326 valence electrons. The van der Waals surface area contributed by atoms with Gasteiger partial charge in [0.1, 0.15) is 11.5 Å². The van der Waals surface area contributed by atoms with Crippen molar-refractivity contribution in [1.82, 2.24) is 15.0 Å². The minimum absolute atomic E-state index is 0.185. The molecular weight excluding hydrogens is 803 g/mol. The van der Waals surface area contributed by atoms with Crippen molar-refractivity contribution in [3.63, 3.8) is 0 Å². The molecule has 17 rings (SSSR count). The van der Waals surface area contributed by atoms with Crippen LogP contribution in [0.4, 0.5) is 0 Å². The van der Waals surface area contributed by atoms with E-state index in [1.165, 1.54) is 114 Å². The lowest BCUT2D eigenvalue weighted by atomic mass is 9.45. The Labute approximate surface area is 389 Å². The number of fused-ring (bicyclic) bond motifs is 9. The van der Waals surface area contributed by atoms with E-state index in [0.29, 0.717) is 0 Å². The largest absolute Gasteiger partial charge is 0.457 e. The van der Waals surface area contributed by atoms with Gasteiger partial charge in [0.15, 0.2) is 17.5 Å². The van der Waals surface area contributed by atoms with Crippen LogP contribution in [0.2, 0.25) is 0 Å². The van der Waals surface area contributed by atoms with E-state index in [0.717, 1.165) is 87.4 Å². The lowest BCUT2D eigenvalue weighted by Crippen LogP contribution is -2.52. The lowest BCUT2D eigenvalue weighted by Gasteiger charge is -2.60. The molecule has 7 aromatic rings. The highest BCUT2D eigenvalue weighted by Gasteiger charge is 2.57. The van der Waals surface area contributed by atoms with E-state index < -0.39 is 5.41 Å². The van der Waals surface area contributed by atoms with Crippen molar-refractivity contribution in [2.45, 2.75) is 94.3 Å². The van der Waals surface area contributed by atoms with Gasteiger partial charge in [0.25, 0.3) is 0 Å². The molecule has 0 N–H and O–H groups in total. The maximum absolute atomic E-state index is 6.64. The second kappa shape index (κ2) is 13.6. The molecule has 0 amide bonds. The fourth-order valence-electron chi connectivity index (χ4n) is 17.1. The molecule has 66 heavy (non-hydrogen) atoms. The first-order chi connectivity index (χ1) is 32.4. The average molecular weight is 860 g/mol. The fourth-order valence-corrected chi connectivity index (χ4v) is 17.1. The van der Waals surface area contributed by atoms with Crippen molar-refractivity contribution >= 4 is 0 Å². The summed E-state index contributed by atoms with van der Waals surface area (Å²) in [7, 11) is 0. The van der Waals surface area contributed by atoms with E-state index in [1.54, 1.807) is 0 Å². The summed E-state index contributed by atoms with van der Waals surface area (Å²) in [6.45, 7) is 5.09. The van der Waals surface area contributed by atoms with Gasteiger partial charge in [0.2, 0.25) is 0 Å². The van der Waals surface area contributed by atoms with Crippen molar-refractivity contribution in [3.8, 4) is 56.8 Å². The summed E-state index contributed by atoms with van der Waals surface area (Å²) >= 11 is 0. The van der Waals surface area contributed by atoms with Gasteiger partial charge in [0, 0.05) is 27.8 Å². The molecule has 6 aromatic carbocycles. The minimum Gasteiger partial charge on any atom is -0.457 e. The summed E-state index contributed by atoms with van der Waals surface area (Å²) in [4.78, 5) is 16.7. The van der Waals surface area contributed by atoms with E-state index in [9.17, 15) is 0 Å². The zero-order valence-electron chi connectivity index (χ0n) is 38.2. The van der Waals surface area contributed by atoms with Crippen molar-refractivity contribution in [3.05, 3.63) is 173 Å². The second-order valence-corrected chi connectivity index (χ2v) is 22.8. The molecule has 4 unspecified atom stereocenters. The molecule has 4 heteroatoms. The quantitative estimate of drug-likeness (QED) is 0.173. The molecule has 2 heterocycles. The third-order valence-electron chi connectivity index (χ3n) is 19.7. The first kappa shape index (κ1) is 38.3. The van der Waals surface area contributed by atoms with Gasteiger partial charge in [-0.1, -0.05) is 129 Å². The molecule has 9 aliphatic carbocycles. The number of hydrogen-bond donors (Lipinski definition) is 0. The molecule has 8 saturated carbocycles. The number of hydrogen-bond acceptors (Lipinski definition) is 4. The second-order valence-electron chi connectivity index (χ2n) is 22.8. The van der Waals surface area contributed by atoms with Gasteiger partial charge in [0.05, 0.1) is 5.41 Å². The van der Waals surface area contributed by atoms with Gasteiger partial charge in [-0.05, 0) is 180 Å². The molecule has 8 bridgehead atoms. The first-order valence-corrected chi connectivity index (χ1v) is 25.4. The zero-order valence-corrected chi connectivity index (χ0v) is 38.2. The van der Waals surface area contributed by atoms with Crippen molar-refractivity contribution in [2.75, 3.05) is 0 Å². The number of nitrogens with zero attached hydrogens (tertiary/aromatic N) is 3. The highest BCUT2D eigenvalue weighted by molar-refractivity contribution is 5.90. The summed E-state index contributed by atoms with van der Waals surface area (Å²) in [5.41, 5.74) is 13.6. The van der Waals surface area contributed by atoms with Gasteiger partial charge >= 0.3 is 0 Å². The Hall–Kier alpha value is -5.87. The third-order valence-corrected chi connectivity index (χ3v) is 19.7. The van der Waals surface area contributed by atoms with Crippen LogP contribution in [0.15, 0.2) is 140 Å². The molecule has 8 fully saturated rings. The lowest BCUT2D eigenvalue weighted by molar-refractivity contribution is -0.0489. The van der Waals surface area contributed by atoms with Gasteiger partial charge in [-0.2, -0.15) is 0 Å². The number of benzene rings is 6. The van der Waals surface area contributed by atoms with E-state index in [-0.39, 0.29) is 10.8 Å². The van der Waals surface area contributed by atoms with E-state index in [4.69, 9.17) is 19.7 Å². The molecule has 0 saturated heterocycles. The molecule has 0 radical (unpaired) electrons. The van der Waals surface area contributed by atoms with Crippen LogP contribution in [-0.4, -0.2) is 15.0 Å². The molecule has 10 aliphatic rings. The highest BCUT2D eigenvalue weighted by atomic mass is 16.5. The maximum atomic E-state index is 6.64. The average Bonchev–Trinajstić information content (AvgIpc) is 3.64. The number of rotatable bonds is 5. The Balaban J connectivity index is 0.919. The zero-order chi connectivity index (χ0) is 43.5. The predicted molar refractivity (Wildman–Crippen MR) is 262 cm³/mol. The topological polar surface area (TPSA) is 47.9 Å². The molecule has 1 aliphatic heterocycles. The van der Waals surface area contributed by atoms with Crippen molar-refractivity contribution in [2.24, 2.45) is 47.3 Å². The molecular formula is C62H57N3O. The summed E-state index contributed by atoms with van der Waals surface area (Å²) in [5, 5.41) is 0. The highest BCUT2D eigenvalue weighted by Crippen LogP contribution is 2.66. The molecule has 10 atom stereocenters. The van der Waals surface area contributed by atoms with Crippen LogP contribution < -0.4 is 4.74 Å². The maximum Gasteiger partial charge on any atom is 0.164 e. The van der Waals surface area contributed by atoms with Gasteiger partial charge in [-0.25, -0.2) is 15.0 Å². The summed E-state index contributed by atoms with van der Waals surface area (Å²) in [6, 6.07) is 52.1. The van der Waals surface area contributed by atoms with Crippen LogP contribution in [-0.2, 0) is 16.2 Å². The Morgan fingerprint density at radius 2 is 0.909 bits per heavy atom. The predicted octanol–water partition coefficient (Wildman–Crippen LogP) is 14.8. The smallest absolute Gasteiger partial charge is 0.164 e. The van der Waals surface area contributed by atoms with Crippen molar-refractivity contribution < 1.29 is 4.74 Å². The fraction of sp³-hybridized carbons (Fsp3) is 0.371. The molecule has 1 spiro atoms. The Kier molecular flexibility index (Phi) is 7.89. The monoisotopic (exact) mass is 859 g/mol. The van der Waals surface area contributed by atoms with Crippen LogP contribution >= 0.6 is 0 Å². The van der Waals surface area contributed by atoms with Crippen LogP contribution in [0.1, 0.15) is 111 Å². The molecule has 4 nitrogen and oxygen atoms in total. The van der Waals surface area contributed by atoms with Crippen LogP contribution in [0.25, 0.3) is 45.3 Å². The number of ether oxygens (including phenoxy) is 1. The number of aromatic nitrogens is 3. The summed E-state index contributed by atoms with van der Waals surface area (Å²) in [5.74, 6) is 10.9. The number of para-hydroxylation sites is 2. The van der Waals surface area contributed by atoms with Crippen LogP contribution in [0, 0.1) is 47.3 Å². The van der Waals surface area contributed by atoms with Gasteiger partial charge in [-0.15, -0.1) is 0 Å². The first-order valence-electron chi connectivity index (χ1n) is 25.4. The Morgan fingerprint density at radius 1 is 0.409 bits per heavy atom. The van der Waals surface area contributed by atoms with E-state index in [1.807, 2.05) is 0 Å². The van der Waals surface area contributed by atoms with Gasteiger partial charge in [-0.3, -0.25) is 0 Å².